The van der Waals surface area contributed by atoms with Crippen LogP contribution >= 0.6 is 11.6 Å². The Morgan fingerprint density at radius 1 is 1.33 bits per heavy atom. The molecule has 0 heterocycles. The topological polar surface area (TPSA) is 0 Å². The zero-order valence-electron chi connectivity index (χ0n) is 7.11. The molecule has 0 unspecified atom stereocenters. The molecule has 1 rings (SSSR count). The van der Waals surface area contributed by atoms with Crippen molar-refractivity contribution in [3.63, 3.8) is 0 Å². The molecular weight excluding hydrogens is 175 g/mol. The molecule has 0 radical (unpaired) electrons. The minimum Gasteiger partial charge on any atom is -0.207 e. The first-order valence-corrected chi connectivity index (χ1v) is 4.55. The molecule has 0 bridgehead atoms. The van der Waals surface area contributed by atoms with E-state index in [-0.39, 0.29) is 5.82 Å². The van der Waals surface area contributed by atoms with Gasteiger partial charge in [0.2, 0.25) is 0 Å². The van der Waals surface area contributed by atoms with E-state index in [0.717, 1.165) is 24.8 Å². The highest BCUT2D eigenvalue weighted by molar-refractivity contribution is 6.30. The van der Waals surface area contributed by atoms with Crippen LogP contribution in [0, 0.1) is 5.82 Å². The lowest BCUT2D eigenvalue weighted by molar-refractivity contribution is 0.624. The Kier molecular flexibility index (Phi) is 3.54. The van der Waals surface area contributed by atoms with Gasteiger partial charge >= 0.3 is 0 Å². The molecule has 0 aliphatic rings. The Labute approximate surface area is 77.4 Å². The third-order valence-corrected chi connectivity index (χ3v) is 1.96. The Hall–Kier alpha value is -0.560. The predicted molar refractivity (Wildman–Crippen MR) is 50.0 cm³/mol. The van der Waals surface area contributed by atoms with Crippen LogP contribution in [0.3, 0.4) is 0 Å². The number of rotatable bonds is 3. The minimum absolute atomic E-state index is 0.242. The quantitative estimate of drug-likeness (QED) is 0.673. The van der Waals surface area contributed by atoms with Crippen molar-refractivity contribution in [1.82, 2.24) is 0 Å². The molecule has 0 saturated carbocycles. The van der Waals surface area contributed by atoms with Gasteiger partial charge in [-0.05, 0) is 36.6 Å². The number of hydrogen-bond acceptors (Lipinski definition) is 0. The van der Waals surface area contributed by atoms with Crippen LogP contribution in [0.15, 0.2) is 18.2 Å². The molecule has 0 N–H and O–H groups in total. The largest absolute Gasteiger partial charge is 0.207 e. The van der Waals surface area contributed by atoms with Crippen LogP contribution in [0.2, 0.25) is 5.02 Å². The maximum atomic E-state index is 12.8. The van der Waals surface area contributed by atoms with Crippen LogP contribution in [0.5, 0.6) is 0 Å². The zero-order chi connectivity index (χ0) is 8.97. The smallest absolute Gasteiger partial charge is 0.124 e. The van der Waals surface area contributed by atoms with Crippen LogP contribution in [0.4, 0.5) is 4.39 Å². The average Bonchev–Trinajstić information content (AvgIpc) is 1.99. The average molecular weight is 187 g/mol. The van der Waals surface area contributed by atoms with Crippen LogP contribution < -0.4 is 0 Å². The second-order valence-electron chi connectivity index (χ2n) is 2.88. The van der Waals surface area contributed by atoms with Gasteiger partial charge in [0.25, 0.3) is 0 Å². The normalized spacial score (nSPS) is 10.2. The zero-order valence-corrected chi connectivity index (χ0v) is 7.87. The van der Waals surface area contributed by atoms with Crippen molar-refractivity contribution in [2.75, 3.05) is 0 Å². The summed E-state index contributed by atoms with van der Waals surface area (Å²) < 4.78 is 12.8. The monoisotopic (exact) mass is 186 g/mol. The second-order valence-corrected chi connectivity index (χ2v) is 3.32. The maximum absolute atomic E-state index is 12.8. The van der Waals surface area contributed by atoms with Crippen molar-refractivity contribution in [2.45, 2.75) is 26.2 Å². The van der Waals surface area contributed by atoms with E-state index < -0.39 is 0 Å². The summed E-state index contributed by atoms with van der Waals surface area (Å²) in [6.07, 6.45) is 3.11. The van der Waals surface area contributed by atoms with E-state index in [1.807, 2.05) is 6.07 Å². The lowest BCUT2D eigenvalue weighted by atomic mass is 10.1. The van der Waals surface area contributed by atoms with Gasteiger partial charge in [0.1, 0.15) is 5.82 Å². The molecule has 66 valence electrons. The van der Waals surface area contributed by atoms with Crippen molar-refractivity contribution in [2.24, 2.45) is 0 Å². The summed E-state index contributed by atoms with van der Waals surface area (Å²) >= 11 is 5.69. The Morgan fingerprint density at radius 3 is 2.67 bits per heavy atom. The summed E-state index contributed by atoms with van der Waals surface area (Å²) in [6, 6.07) is 4.69. The van der Waals surface area contributed by atoms with Gasteiger partial charge in [-0.15, -0.1) is 0 Å². The SMILES string of the molecule is CCCCc1cc(F)cc(Cl)c1. The molecule has 0 saturated heterocycles. The molecule has 0 aromatic heterocycles. The van der Waals surface area contributed by atoms with E-state index in [2.05, 4.69) is 6.92 Å². The van der Waals surface area contributed by atoms with Crippen LogP contribution in [-0.4, -0.2) is 0 Å². The molecule has 0 amide bonds. The molecule has 12 heavy (non-hydrogen) atoms. The molecule has 1 aromatic carbocycles. The molecular formula is C10H12ClF. The minimum atomic E-state index is -0.242. The summed E-state index contributed by atoms with van der Waals surface area (Å²) in [5.74, 6) is -0.242. The number of aryl methyl sites for hydroxylation is 1. The van der Waals surface area contributed by atoms with E-state index in [4.69, 9.17) is 11.6 Å². The molecule has 0 fully saturated rings. The summed E-state index contributed by atoms with van der Waals surface area (Å²) in [7, 11) is 0. The third kappa shape index (κ3) is 2.82. The summed E-state index contributed by atoms with van der Waals surface area (Å²) in [5, 5.41) is 0.487. The molecule has 0 nitrogen and oxygen atoms in total. The van der Waals surface area contributed by atoms with Crippen LogP contribution in [-0.2, 0) is 6.42 Å². The van der Waals surface area contributed by atoms with Gasteiger partial charge < -0.3 is 0 Å². The van der Waals surface area contributed by atoms with Crippen molar-refractivity contribution in [3.05, 3.63) is 34.6 Å². The highest BCUT2D eigenvalue weighted by atomic mass is 35.5. The van der Waals surface area contributed by atoms with E-state index in [1.54, 1.807) is 6.07 Å². The van der Waals surface area contributed by atoms with Gasteiger partial charge in [-0.1, -0.05) is 24.9 Å². The first-order chi connectivity index (χ1) is 5.72. The van der Waals surface area contributed by atoms with Gasteiger partial charge in [-0.2, -0.15) is 0 Å². The van der Waals surface area contributed by atoms with Gasteiger partial charge in [0.15, 0.2) is 0 Å². The number of benzene rings is 1. The first-order valence-electron chi connectivity index (χ1n) is 4.17. The fourth-order valence-corrected chi connectivity index (χ4v) is 1.38. The third-order valence-electron chi connectivity index (χ3n) is 1.74. The fourth-order valence-electron chi connectivity index (χ4n) is 1.14. The van der Waals surface area contributed by atoms with E-state index in [0.29, 0.717) is 5.02 Å². The lowest BCUT2D eigenvalue weighted by Gasteiger charge is -2.00. The molecule has 0 atom stereocenters. The summed E-state index contributed by atoms with van der Waals surface area (Å²) in [6.45, 7) is 2.11. The van der Waals surface area contributed by atoms with E-state index in [9.17, 15) is 4.39 Å². The van der Waals surface area contributed by atoms with Gasteiger partial charge in [0, 0.05) is 5.02 Å². The first kappa shape index (κ1) is 9.53. The Bertz CT molecular complexity index is 238. The van der Waals surface area contributed by atoms with Crippen molar-refractivity contribution >= 4 is 11.6 Å². The fraction of sp³-hybridized carbons (Fsp3) is 0.400. The molecule has 2 heteroatoms. The molecule has 0 aliphatic carbocycles. The predicted octanol–water partition coefficient (Wildman–Crippen LogP) is 3.82. The summed E-state index contributed by atoms with van der Waals surface area (Å²) in [5.41, 5.74) is 0.988. The highest BCUT2D eigenvalue weighted by Gasteiger charge is 1.98. The standard InChI is InChI=1S/C10H12ClF/c1-2-3-4-8-5-9(11)7-10(12)6-8/h5-7H,2-4H2,1H3. The Morgan fingerprint density at radius 2 is 2.08 bits per heavy atom. The summed E-state index contributed by atoms with van der Waals surface area (Å²) in [4.78, 5) is 0. The van der Waals surface area contributed by atoms with Crippen molar-refractivity contribution < 1.29 is 4.39 Å². The maximum Gasteiger partial charge on any atom is 0.124 e. The van der Waals surface area contributed by atoms with Crippen molar-refractivity contribution in [3.8, 4) is 0 Å². The molecule has 1 aromatic rings. The highest BCUT2D eigenvalue weighted by Crippen LogP contribution is 2.15. The number of halogens is 2. The number of unbranched alkanes of at least 4 members (excludes halogenated alkanes) is 1. The van der Waals surface area contributed by atoms with Gasteiger partial charge in [-0.25, -0.2) is 4.39 Å². The van der Waals surface area contributed by atoms with Crippen molar-refractivity contribution in [1.29, 1.82) is 0 Å². The second kappa shape index (κ2) is 4.46. The van der Waals surface area contributed by atoms with E-state index in [1.165, 1.54) is 6.07 Å². The molecule has 0 spiro atoms. The van der Waals surface area contributed by atoms with Gasteiger partial charge in [0.05, 0.1) is 0 Å². The number of hydrogen-bond donors (Lipinski definition) is 0. The molecule has 0 aliphatic heterocycles. The van der Waals surface area contributed by atoms with Crippen LogP contribution in [0.1, 0.15) is 25.3 Å². The van der Waals surface area contributed by atoms with Crippen LogP contribution in [0.25, 0.3) is 0 Å². The van der Waals surface area contributed by atoms with E-state index >= 15 is 0 Å². The van der Waals surface area contributed by atoms with Gasteiger partial charge in [-0.3, -0.25) is 0 Å². The Balaban J connectivity index is 2.72. The lowest BCUT2D eigenvalue weighted by Crippen LogP contribution is -1.86.